The van der Waals surface area contributed by atoms with Crippen LogP contribution >= 0.6 is 0 Å². The Balaban J connectivity index is 2.03. The Morgan fingerprint density at radius 1 is 1.30 bits per heavy atom. The molecule has 0 aromatic heterocycles. The van der Waals surface area contributed by atoms with Crippen LogP contribution in [0.2, 0.25) is 0 Å². The number of carbonyl (C=O) groups excluding carboxylic acids is 2. The molecule has 0 radical (unpaired) electrons. The molecule has 0 saturated carbocycles. The van der Waals surface area contributed by atoms with Crippen molar-refractivity contribution >= 4 is 22.6 Å². The highest BCUT2D eigenvalue weighted by Crippen LogP contribution is 2.10. The van der Waals surface area contributed by atoms with Crippen molar-refractivity contribution in [2.45, 2.75) is 30.2 Å². The second-order valence-corrected chi connectivity index (χ2v) is 6.17. The molecule has 1 aromatic carbocycles. The summed E-state index contributed by atoms with van der Waals surface area (Å²) in [5.41, 5.74) is 0.469. The average Bonchev–Trinajstić information content (AvgIpc) is 2.64. The minimum Gasteiger partial charge on any atom is -0.354 e. The van der Waals surface area contributed by atoms with Gasteiger partial charge in [0.05, 0.1) is 0 Å². The summed E-state index contributed by atoms with van der Waals surface area (Å²) in [6.45, 7) is 0.669. The molecule has 5 nitrogen and oxygen atoms in total. The molecule has 2 unspecified atom stereocenters. The van der Waals surface area contributed by atoms with E-state index in [1.165, 1.54) is 0 Å². The summed E-state index contributed by atoms with van der Waals surface area (Å²) in [5.74, 6) is -0.400. The summed E-state index contributed by atoms with van der Waals surface area (Å²) >= 11 is 0. The van der Waals surface area contributed by atoms with E-state index < -0.39 is 16.8 Å². The molecule has 1 heterocycles. The summed E-state index contributed by atoms with van der Waals surface area (Å²) in [6.07, 6.45) is 4.10. The van der Waals surface area contributed by atoms with E-state index in [1.54, 1.807) is 30.5 Å². The van der Waals surface area contributed by atoms with Gasteiger partial charge in [-0.2, -0.15) is 0 Å². The van der Waals surface area contributed by atoms with Gasteiger partial charge in [0.2, 0.25) is 5.91 Å². The van der Waals surface area contributed by atoms with Crippen LogP contribution in [0.4, 0.5) is 0 Å². The zero-order chi connectivity index (χ0) is 14.5. The molecule has 2 rings (SSSR count). The fourth-order valence-electron chi connectivity index (χ4n) is 2.12. The average molecular weight is 294 g/mol. The molecule has 2 N–H and O–H groups in total. The highest BCUT2D eigenvalue weighted by molar-refractivity contribution is 7.84. The molecule has 1 fully saturated rings. The summed E-state index contributed by atoms with van der Waals surface area (Å²) in [4.78, 5) is 24.5. The van der Waals surface area contributed by atoms with Crippen LogP contribution in [0, 0.1) is 0 Å². The Hall–Kier alpha value is -1.69. The molecular formula is C14H18N2O3S. The van der Waals surface area contributed by atoms with Crippen LogP contribution < -0.4 is 10.6 Å². The van der Waals surface area contributed by atoms with E-state index in [1.807, 2.05) is 0 Å². The maximum absolute atomic E-state index is 12.1. The van der Waals surface area contributed by atoms with Crippen molar-refractivity contribution in [3.8, 4) is 0 Å². The third kappa shape index (κ3) is 3.66. The summed E-state index contributed by atoms with van der Waals surface area (Å²) in [7, 11) is -1.06. The van der Waals surface area contributed by atoms with E-state index in [0.717, 1.165) is 12.8 Å². The van der Waals surface area contributed by atoms with E-state index in [0.29, 0.717) is 23.4 Å². The normalized spacial score (nSPS) is 20.6. The van der Waals surface area contributed by atoms with E-state index in [-0.39, 0.29) is 11.8 Å². The lowest BCUT2D eigenvalue weighted by molar-refractivity contribution is -0.122. The second kappa shape index (κ2) is 6.65. The maximum atomic E-state index is 12.1. The molecule has 2 atom stereocenters. The lowest BCUT2D eigenvalue weighted by Crippen LogP contribution is -2.45. The minimum absolute atomic E-state index is 0.123. The molecule has 0 bridgehead atoms. The molecule has 108 valence electrons. The van der Waals surface area contributed by atoms with Crippen molar-refractivity contribution in [1.82, 2.24) is 10.6 Å². The highest BCUT2D eigenvalue weighted by atomic mass is 32.2. The molecular weight excluding hydrogens is 276 g/mol. The molecule has 2 amide bonds. The fourth-order valence-corrected chi connectivity index (χ4v) is 2.64. The Labute approximate surface area is 120 Å². The smallest absolute Gasteiger partial charge is 0.251 e. The molecule has 1 saturated heterocycles. The first kappa shape index (κ1) is 14.7. The number of hydrogen-bond donors (Lipinski definition) is 2. The van der Waals surface area contributed by atoms with E-state index in [4.69, 9.17) is 0 Å². The van der Waals surface area contributed by atoms with Gasteiger partial charge in [-0.15, -0.1) is 0 Å². The molecule has 6 heteroatoms. The number of nitrogens with one attached hydrogen (secondary N) is 2. The first-order valence-corrected chi connectivity index (χ1v) is 8.16. The van der Waals surface area contributed by atoms with Gasteiger partial charge in [0.15, 0.2) is 0 Å². The van der Waals surface area contributed by atoms with Crippen LogP contribution in [0.5, 0.6) is 0 Å². The summed E-state index contributed by atoms with van der Waals surface area (Å²) < 4.78 is 11.3. The van der Waals surface area contributed by atoms with E-state index >= 15 is 0 Å². The van der Waals surface area contributed by atoms with E-state index in [9.17, 15) is 13.8 Å². The third-order valence-corrected chi connectivity index (χ3v) is 4.23. The monoisotopic (exact) mass is 294 g/mol. The lowest BCUT2D eigenvalue weighted by atomic mass is 10.1. The number of rotatable bonds is 3. The molecule has 1 aromatic rings. The number of benzene rings is 1. The zero-order valence-electron chi connectivity index (χ0n) is 11.3. The zero-order valence-corrected chi connectivity index (χ0v) is 12.2. The van der Waals surface area contributed by atoms with Crippen molar-refractivity contribution in [3.05, 3.63) is 29.8 Å². The van der Waals surface area contributed by atoms with Crippen LogP contribution in [-0.2, 0) is 15.6 Å². The van der Waals surface area contributed by atoms with Gasteiger partial charge in [0, 0.05) is 34.1 Å². The quantitative estimate of drug-likeness (QED) is 0.867. The molecule has 1 aliphatic heterocycles. The van der Waals surface area contributed by atoms with Crippen molar-refractivity contribution in [2.75, 3.05) is 12.8 Å². The van der Waals surface area contributed by atoms with Gasteiger partial charge < -0.3 is 10.6 Å². The van der Waals surface area contributed by atoms with Gasteiger partial charge >= 0.3 is 0 Å². The predicted octanol–water partition coefficient (Wildman–Crippen LogP) is 0.822. The lowest BCUT2D eigenvalue weighted by Gasteiger charge is -2.15. The van der Waals surface area contributed by atoms with Crippen molar-refractivity contribution in [1.29, 1.82) is 0 Å². The van der Waals surface area contributed by atoms with Gasteiger partial charge in [0.25, 0.3) is 5.91 Å². The van der Waals surface area contributed by atoms with Gasteiger partial charge in [0.1, 0.15) is 6.04 Å². The van der Waals surface area contributed by atoms with E-state index in [2.05, 4.69) is 10.6 Å². The maximum Gasteiger partial charge on any atom is 0.251 e. The summed E-state index contributed by atoms with van der Waals surface area (Å²) in [5, 5.41) is 5.53. The fraction of sp³-hybridized carbons (Fsp3) is 0.429. The van der Waals surface area contributed by atoms with Crippen LogP contribution in [-0.4, -0.2) is 34.9 Å². The molecule has 1 aliphatic rings. The minimum atomic E-state index is -1.06. The number of carbonyl (C=O) groups is 2. The van der Waals surface area contributed by atoms with Gasteiger partial charge in [-0.3, -0.25) is 13.8 Å². The van der Waals surface area contributed by atoms with Gasteiger partial charge in [-0.25, -0.2) is 0 Å². The van der Waals surface area contributed by atoms with Gasteiger partial charge in [-0.05, 0) is 43.5 Å². The third-order valence-electron chi connectivity index (χ3n) is 3.29. The Morgan fingerprint density at radius 3 is 2.65 bits per heavy atom. The van der Waals surface area contributed by atoms with Gasteiger partial charge in [-0.1, -0.05) is 0 Å². The molecule has 0 aliphatic carbocycles. The van der Waals surface area contributed by atoms with Crippen LogP contribution in [0.25, 0.3) is 0 Å². The van der Waals surface area contributed by atoms with Crippen molar-refractivity contribution < 1.29 is 13.8 Å². The standard InChI is InChI=1S/C14H18N2O3S/c1-20(19)11-7-5-10(6-8-11)13(17)16-12-4-2-3-9-15-14(12)18/h5-8,12H,2-4,9H2,1H3,(H,15,18)(H,16,17). The summed E-state index contributed by atoms with van der Waals surface area (Å²) in [6, 6.07) is 6.11. The Bertz CT molecular complexity index is 528. The molecule has 20 heavy (non-hydrogen) atoms. The number of hydrogen-bond acceptors (Lipinski definition) is 3. The SMILES string of the molecule is CS(=O)c1ccc(C(=O)NC2CCCCNC2=O)cc1. The largest absolute Gasteiger partial charge is 0.354 e. The van der Waals surface area contributed by atoms with Crippen LogP contribution in [0.3, 0.4) is 0 Å². The highest BCUT2D eigenvalue weighted by Gasteiger charge is 2.22. The second-order valence-electron chi connectivity index (χ2n) is 4.79. The topological polar surface area (TPSA) is 75.3 Å². The first-order valence-electron chi connectivity index (χ1n) is 6.60. The predicted molar refractivity (Wildman–Crippen MR) is 76.9 cm³/mol. The first-order chi connectivity index (χ1) is 9.58. The Kier molecular flexibility index (Phi) is 4.89. The van der Waals surface area contributed by atoms with Crippen molar-refractivity contribution in [2.24, 2.45) is 0 Å². The number of amides is 2. The van der Waals surface area contributed by atoms with Crippen LogP contribution in [0.1, 0.15) is 29.6 Å². The van der Waals surface area contributed by atoms with Crippen LogP contribution in [0.15, 0.2) is 29.2 Å². The van der Waals surface area contributed by atoms with Crippen molar-refractivity contribution in [3.63, 3.8) is 0 Å². The Morgan fingerprint density at radius 2 is 2.00 bits per heavy atom. The molecule has 0 spiro atoms.